The van der Waals surface area contributed by atoms with Crippen molar-refractivity contribution in [3.63, 3.8) is 0 Å². The molecule has 0 spiro atoms. The summed E-state index contributed by atoms with van der Waals surface area (Å²) in [5.41, 5.74) is 1.10. The number of hydrogen-bond donors (Lipinski definition) is 2. The fourth-order valence-electron chi connectivity index (χ4n) is 2.27. The number of anilines is 1. The van der Waals surface area contributed by atoms with Gasteiger partial charge in [0.25, 0.3) is 10.0 Å². The number of halogens is 2. The van der Waals surface area contributed by atoms with Gasteiger partial charge < -0.3 is 5.11 Å². The molecule has 1 unspecified atom stereocenters. The highest BCUT2D eigenvalue weighted by atomic mass is 35.5. The number of aliphatic hydroxyl groups excluding tert-OH is 1. The Labute approximate surface area is 164 Å². The average molecular weight is 430 g/mol. The Bertz CT molecular complexity index is 1050. The molecule has 6 nitrogen and oxygen atoms in total. The molecule has 10 heteroatoms. The summed E-state index contributed by atoms with van der Waals surface area (Å²) in [5, 5.41) is 12.6. The Kier molecular flexibility index (Phi) is 5.50. The summed E-state index contributed by atoms with van der Waals surface area (Å²) in [6, 6.07) is 7.90. The number of aromatic nitrogens is 2. The predicted molar refractivity (Wildman–Crippen MR) is 102 cm³/mol. The number of nitrogens with one attached hydrogen (secondary N) is 1. The fraction of sp³-hybridized carbons (Fsp3) is 0.125. The van der Waals surface area contributed by atoms with Crippen molar-refractivity contribution in [2.45, 2.75) is 17.9 Å². The smallest absolute Gasteiger partial charge is 0.263 e. The molecule has 1 atom stereocenters. The lowest BCUT2D eigenvalue weighted by Gasteiger charge is -2.10. The molecule has 136 valence electrons. The van der Waals surface area contributed by atoms with Crippen LogP contribution in [0, 0.1) is 6.92 Å². The number of sulfonamides is 1. The number of aliphatic hydroxyl groups is 1. The van der Waals surface area contributed by atoms with Crippen LogP contribution >= 0.6 is 34.5 Å². The minimum Gasteiger partial charge on any atom is -0.382 e. The van der Waals surface area contributed by atoms with E-state index in [1.807, 2.05) is 0 Å². The standard InChI is InChI=1S/C16H13Cl2N3O3S2/c1-9-11(17)5-2-6-13(9)26(23,24)21-16-20-12(8-25-16)14(22)10-4-3-7-19-15(10)18/h2-8,14,22H,1H3,(H,20,21). The lowest BCUT2D eigenvalue weighted by molar-refractivity contribution is 0.216. The number of thiazole rings is 1. The van der Waals surface area contributed by atoms with Crippen LogP contribution in [0.5, 0.6) is 0 Å². The maximum Gasteiger partial charge on any atom is 0.263 e. The summed E-state index contributed by atoms with van der Waals surface area (Å²) in [6.07, 6.45) is 0.394. The molecular weight excluding hydrogens is 417 g/mol. The van der Waals surface area contributed by atoms with Gasteiger partial charge in [0, 0.05) is 22.2 Å². The highest BCUT2D eigenvalue weighted by molar-refractivity contribution is 7.93. The molecule has 0 bridgehead atoms. The van der Waals surface area contributed by atoms with Crippen LogP contribution in [0.3, 0.4) is 0 Å². The highest BCUT2D eigenvalue weighted by Crippen LogP contribution is 2.30. The van der Waals surface area contributed by atoms with E-state index in [-0.39, 0.29) is 20.9 Å². The second-order valence-electron chi connectivity index (χ2n) is 5.33. The van der Waals surface area contributed by atoms with Crippen molar-refractivity contribution in [2.24, 2.45) is 0 Å². The van der Waals surface area contributed by atoms with E-state index in [9.17, 15) is 13.5 Å². The van der Waals surface area contributed by atoms with E-state index < -0.39 is 16.1 Å². The third-order valence-electron chi connectivity index (χ3n) is 3.61. The van der Waals surface area contributed by atoms with Crippen molar-refractivity contribution in [1.82, 2.24) is 9.97 Å². The van der Waals surface area contributed by atoms with Crippen molar-refractivity contribution in [1.29, 1.82) is 0 Å². The van der Waals surface area contributed by atoms with Crippen LogP contribution < -0.4 is 4.72 Å². The maximum atomic E-state index is 12.6. The van der Waals surface area contributed by atoms with Crippen LogP contribution in [0.15, 0.2) is 46.8 Å². The zero-order valence-corrected chi connectivity index (χ0v) is 16.5. The topological polar surface area (TPSA) is 92.2 Å². The Balaban J connectivity index is 1.86. The van der Waals surface area contributed by atoms with Crippen molar-refractivity contribution in [3.05, 3.63) is 68.9 Å². The van der Waals surface area contributed by atoms with Gasteiger partial charge in [-0.2, -0.15) is 0 Å². The second-order valence-corrected chi connectivity index (χ2v) is 8.61. The summed E-state index contributed by atoms with van der Waals surface area (Å²) in [5.74, 6) is 0. The zero-order chi connectivity index (χ0) is 18.9. The summed E-state index contributed by atoms with van der Waals surface area (Å²) < 4.78 is 27.6. The molecule has 2 heterocycles. The van der Waals surface area contributed by atoms with E-state index in [0.29, 0.717) is 16.1 Å². The van der Waals surface area contributed by atoms with Crippen LogP contribution in [0.1, 0.15) is 22.9 Å². The maximum absolute atomic E-state index is 12.6. The molecule has 3 aromatic rings. The number of pyridine rings is 1. The first-order valence-corrected chi connectivity index (χ1v) is 10.4. The largest absolute Gasteiger partial charge is 0.382 e. The lowest BCUT2D eigenvalue weighted by Crippen LogP contribution is -2.14. The number of hydrogen-bond acceptors (Lipinski definition) is 6. The molecule has 0 aliphatic rings. The Morgan fingerprint density at radius 3 is 2.73 bits per heavy atom. The minimum absolute atomic E-state index is 0.0672. The van der Waals surface area contributed by atoms with Gasteiger partial charge in [0.2, 0.25) is 0 Å². The Morgan fingerprint density at radius 1 is 1.23 bits per heavy atom. The molecule has 1 aromatic carbocycles. The van der Waals surface area contributed by atoms with Gasteiger partial charge in [0.1, 0.15) is 11.3 Å². The third-order valence-corrected chi connectivity index (χ3v) is 6.73. The molecule has 0 saturated heterocycles. The molecule has 2 aromatic heterocycles. The van der Waals surface area contributed by atoms with Crippen LogP contribution in [-0.4, -0.2) is 23.5 Å². The fourth-order valence-corrected chi connectivity index (χ4v) is 4.97. The third kappa shape index (κ3) is 3.84. The van der Waals surface area contributed by atoms with E-state index in [1.54, 1.807) is 36.6 Å². The van der Waals surface area contributed by atoms with Crippen LogP contribution in [-0.2, 0) is 10.0 Å². The predicted octanol–water partition coefficient (Wildman–Crippen LogP) is 4.04. The molecule has 0 aliphatic heterocycles. The van der Waals surface area contributed by atoms with Gasteiger partial charge in [-0.3, -0.25) is 4.72 Å². The van der Waals surface area contributed by atoms with Gasteiger partial charge in [0.05, 0.1) is 10.6 Å². The van der Waals surface area contributed by atoms with Gasteiger partial charge in [-0.05, 0) is 30.7 Å². The SMILES string of the molecule is Cc1c(Cl)cccc1S(=O)(=O)Nc1nc(C(O)c2cccnc2Cl)cs1. The van der Waals surface area contributed by atoms with Crippen molar-refractivity contribution < 1.29 is 13.5 Å². The first kappa shape index (κ1) is 19.1. The van der Waals surface area contributed by atoms with Crippen molar-refractivity contribution in [3.8, 4) is 0 Å². The van der Waals surface area contributed by atoms with E-state index in [4.69, 9.17) is 23.2 Å². The summed E-state index contributed by atoms with van der Waals surface area (Å²) in [7, 11) is -3.86. The van der Waals surface area contributed by atoms with Crippen molar-refractivity contribution in [2.75, 3.05) is 4.72 Å². The average Bonchev–Trinajstić information content (AvgIpc) is 3.04. The van der Waals surface area contributed by atoms with E-state index >= 15 is 0 Å². The molecule has 0 fully saturated rings. The lowest BCUT2D eigenvalue weighted by atomic mass is 10.1. The Morgan fingerprint density at radius 2 is 2.00 bits per heavy atom. The van der Waals surface area contributed by atoms with E-state index in [1.165, 1.54) is 12.3 Å². The zero-order valence-electron chi connectivity index (χ0n) is 13.3. The van der Waals surface area contributed by atoms with Crippen molar-refractivity contribution >= 4 is 49.7 Å². The molecular formula is C16H13Cl2N3O3S2. The van der Waals surface area contributed by atoms with Gasteiger partial charge in [0.15, 0.2) is 5.13 Å². The number of benzene rings is 1. The monoisotopic (exact) mass is 429 g/mol. The second kappa shape index (κ2) is 7.50. The Hall–Kier alpha value is -1.71. The molecule has 26 heavy (non-hydrogen) atoms. The normalized spacial score (nSPS) is 12.8. The first-order chi connectivity index (χ1) is 12.3. The molecule has 0 aliphatic carbocycles. The summed E-state index contributed by atoms with van der Waals surface area (Å²) >= 11 is 13.0. The highest BCUT2D eigenvalue weighted by Gasteiger charge is 2.22. The summed E-state index contributed by atoms with van der Waals surface area (Å²) in [6.45, 7) is 1.62. The van der Waals surface area contributed by atoms with Gasteiger partial charge in [-0.1, -0.05) is 35.3 Å². The molecule has 0 saturated carbocycles. The van der Waals surface area contributed by atoms with E-state index in [0.717, 1.165) is 11.3 Å². The molecule has 0 amide bonds. The van der Waals surface area contributed by atoms with E-state index in [2.05, 4.69) is 14.7 Å². The quantitative estimate of drug-likeness (QED) is 0.597. The molecule has 2 N–H and O–H groups in total. The first-order valence-electron chi connectivity index (χ1n) is 7.31. The number of rotatable bonds is 5. The van der Waals surface area contributed by atoms with Gasteiger partial charge in [-0.25, -0.2) is 18.4 Å². The van der Waals surface area contributed by atoms with Crippen LogP contribution in [0.4, 0.5) is 5.13 Å². The molecule has 0 radical (unpaired) electrons. The van der Waals surface area contributed by atoms with Crippen LogP contribution in [0.25, 0.3) is 0 Å². The minimum atomic E-state index is -3.86. The number of nitrogens with zero attached hydrogens (tertiary/aromatic N) is 2. The van der Waals surface area contributed by atoms with Gasteiger partial charge in [-0.15, -0.1) is 11.3 Å². The van der Waals surface area contributed by atoms with Gasteiger partial charge >= 0.3 is 0 Å². The molecule has 3 rings (SSSR count). The summed E-state index contributed by atoms with van der Waals surface area (Å²) in [4.78, 5) is 8.12. The van der Waals surface area contributed by atoms with Crippen LogP contribution in [0.2, 0.25) is 10.2 Å².